The molecule has 37 heavy (non-hydrogen) atoms. The van der Waals surface area contributed by atoms with Crippen molar-refractivity contribution < 1.29 is 24.2 Å². The first-order valence-electron chi connectivity index (χ1n) is 13.4. The zero-order valence-electron chi connectivity index (χ0n) is 21.4. The van der Waals surface area contributed by atoms with Crippen molar-refractivity contribution in [1.82, 2.24) is 15.0 Å². The van der Waals surface area contributed by atoms with E-state index in [4.69, 9.17) is 4.74 Å². The van der Waals surface area contributed by atoms with Gasteiger partial charge in [-0.05, 0) is 99.0 Å². The molecule has 1 aromatic carbocycles. The highest BCUT2D eigenvalue weighted by atomic mass is 16.6. The van der Waals surface area contributed by atoms with Crippen molar-refractivity contribution in [2.75, 3.05) is 0 Å². The van der Waals surface area contributed by atoms with E-state index in [0.717, 1.165) is 38.5 Å². The monoisotopic (exact) mass is 503 g/mol. The maximum Gasteiger partial charge on any atom is 0.335 e. The van der Waals surface area contributed by atoms with Gasteiger partial charge in [0.05, 0.1) is 17.4 Å². The van der Waals surface area contributed by atoms with Gasteiger partial charge in [-0.15, -0.1) is 5.10 Å². The third kappa shape index (κ3) is 3.67. The molecular weight excluding hydrogens is 470 g/mol. The third-order valence-corrected chi connectivity index (χ3v) is 10.0. The van der Waals surface area contributed by atoms with Gasteiger partial charge >= 0.3 is 11.9 Å². The molecule has 6 atom stereocenters. The normalized spacial score (nSPS) is 34.6. The van der Waals surface area contributed by atoms with Gasteiger partial charge in [-0.25, -0.2) is 9.48 Å². The number of rotatable bonds is 4. The van der Waals surface area contributed by atoms with Crippen molar-refractivity contribution in [3.05, 3.63) is 53.4 Å². The van der Waals surface area contributed by atoms with E-state index in [9.17, 15) is 19.5 Å². The van der Waals surface area contributed by atoms with Crippen LogP contribution in [0.3, 0.4) is 0 Å². The van der Waals surface area contributed by atoms with Gasteiger partial charge < -0.3 is 9.84 Å². The molecule has 3 saturated carbocycles. The van der Waals surface area contributed by atoms with Gasteiger partial charge in [0.15, 0.2) is 11.4 Å². The maximum absolute atomic E-state index is 12.5. The quantitative estimate of drug-likeness (QED) is 0.593. The second-order valence-corrected chi connectivity index (χ2v) is 11.6. The fraction of sp³-hybridized carbons (Fsp3) is 0.552. The van der Waals surface area contributed by atoms with Crippen molar-refractivity contribution in [1.29, 1.82) is 0 Å². The number of ketones is 1. The topological polar surface area (TPSA) is 111 Å². The molecule has 0 unspecified atom stereocenters. The lowest BCUT2D eigenvalue weighted by atomic mass is 9.50. The first-order chi connectivity index (χ1) is 17.7. The van der Waals surface area contributed by atoms with Crippen molar-refractivity contribution in [3.8, 4) is 5.69 Å². The highest BCUT2D eigenvalue weighted by Gasteiger charge is 2.66. The van der Waals surface area contributed by atoms with E-state index in [-0.39, 0.29) is 22.7 Å². The van der Waals surface area contributed by atoms with E-state index in [0.29, 0.717) is 47.9 Å². The number of carbonyl (C=O) groups is 3. The van der Waals surface area contributed by atoms with E-state index in [1.54, 1.807) is 28.9 Å². The summed E-state index contributed by atoms with van der Waals surface area (Å²) in [6.07, 6.45) is 11.1. The van der Waals surface area contributed by atoms with Crippen LogP contribution in [0.15, 0.2) is 42.1 Å². The molecular formula is C29H33N3O5. The number of esters is 1. The van der Waals surface area contributed by atoms with E-state index < -0.39 is 11.6 Å². The summed E-state index contributed by atoms with van der Waals surface area (Å²) < 4.78 is 7.90. The van der Waals surface area contributed by atoms with E-state index in [1.807, 2.05) is 12.3 Å². The van der Waals surface area contributed by atoms with Gasteiger partial charge in [0.2, 0.25) is 0 Å². The molecule has 4 aliphatic rings. The Morgan fingerprint density at radius 2 is 1.84 bits per heavy atom. The molecule has 1 N–H and O–H groups in total. The van der Waals surface area contributed by atoms with Gasteiger partial charge in [-0.3, -0.25) is 9.59 Å². The van der Waals surface area contributed by atoms with Crippen molar-refractivity contribution in [2.24, 2.45) is 29.1 Å². The largest absolute Gasteiger partial charge is 0.478 e. The summed E-state index contributed by atoms with van der Waals surface area (Å²) in [4.78, 5) is 35.8. The molecule has 2 aromatic rings. The van der Waals surface area contributed by atoms with Crippen LogP contribution in [0, 0.1) is 29.1 Å². The number of carboxylic acid groups (broad SMARTS) is 1. The van der Waals surface area contributed by atoms with Crippen LogP contribution in [0.4, 0.5) is 0 Å². The lowest BCUT2D eigenvalue weighted by Gasteiger charge is -2.55. The van der Waals surface area contributed by atoms with Crippen LogP contribution >= 0.6 is 0 Å². The minimum atomic E-state index is -0.981. The van der Waals surface area contributed by atoms with Gasteiger partial charge in [0, 0.05) is 18.8 Å². The highest BCUT2D eigenvalue weighted by molar-refractivity contribution is 5.91. The number of aromatic carboxylic acids is 1. The fourth-order valence-electron chi connectivity index (χ4n) is 8.40. The summed E-state index contributed by atoms with van der Waals surface area (Å²) in [6, 6.07) is 6.49. The number of nitrogens with zero attached hydrogens (tertiary/aromatic N) is 3. The molecule has 3 fully saturated rings. The lowest BCUT2D eigenvalue weighted by Crippen LogP contribution is -2.53. The van der Waals surface area contributed by atoms with Crippen LogP contribution in [-0.2, 0) is 19.9 Å². The molecule has 0 amide bonds. The zero-order chi connectivity index (χ0) is 25.9. The number of benzene rings is 1. The second-order valence-electron chi connectivity index (χ2n) is 11.6. The lowest BCUT2D eigenvalue weighted by molar-refractivity contribution is -0.184. The van der Waals surface area contributed by atoms with Gasteiger partial charge in [0.25, 0.3) is 0 Å². The standard InChI is InChI=1S/C29H33N3O5/c1-17(33)37-29(26-16-32(31-30-26)20-6-3-18(4-7-20)27(35)36)14-12-25-24-9-5-19-15-21(34)8-10-22(19)23(24)11-13-28(25,29)2/h3-4,6-7,15-16,22-25H,5,8-14H2,1-2H3,(H,35,36)/t22-,23+,24+,25-,28-,29+/m0/s1. The molecule has 0 aliphatic heterocycles. The number of fused-ring (bicyclic) bond motifs is 5. The molecule has 194 valence electrons. The van der Waals surface area contributed by atoms with Crippen molar-refractivity contribution >= 4 is 17.7 Å². The number of allylic oxidation sites excluding steroid dienone is 1. The Morgan fingerprint density at radius 1 is 1.05 bits per heavy atom. The Hall–Kier alpha value is -3.29. The summed E-state index contributed by atoms with van der Waals surface area (Å²) in [7, 11) is 0. The molecule has 0 saturated heterocycles. The highest BCUT2D eigenvalue weighted by Crippen LogP contribution is 2.68. The van der Waals surface area contributed by atoms with Crippen LogP contribution in [0.2, 0.25) is 0 Å². The second kappa shape index (κ2) is 8.64. The zero-order valence-corrected chi connectivity index (χ0v) is 21.4. The van der Waals surface area contributed by atoms with Gasteiger partial charge in [-0.1, -0.05) is 17.7 Å². The number of aromatic nitrogens is 3. The third-order valence-electron chi connectivity index (χ3n) is 10.0. The molecule has 1 aromatic heterocycles. The van der Waals surface area contributed by atoms with Gasteiger partial charge in [0.1, 0.15) is 5.69 Å². The maximum atomic E-state index is 12.5. The summed E-state index contributed by atoms with van der Waals surface area (Å²) in [5.41, 5.74) is 1.81. The molecule has 0 radical (unpaired) electrons. The Bertz CT molecular complexity index is 1300. The number of hydrogen-bond acceptors (Lipinski definition) is 6. The summed E-state index contributed by atoms with van der Waals surface area (Å²) in [5.74, 6) is 1.03. The smallest absolute Gasteiger partial charge is 0.335 e. The molecule has 6 rings (SSSR count). The minimum Gasteiger partial charge on any atom is -0.478 e. The summed E-state index contributed by atoms with van der Waals surface area (Å²) >= 11 is 0. The minimum absolute atomic E-state index is 0.205. The molecule has 8 nitrogen and oxygen atoms in total. The Morgan fingerprint density at radius 3 is 2.57 bits per heavy atom. The van der Waals surface area contributed by atoms with E-state index >= 15 is 0 Å². The molecule has 1 heterocycles. The molecule has 0 spiro atoms. The summed E-state index contributed by atoms with van der Waals surface area (Å²) in [6.45, 7) is 3.75. The Labute approximate surface area is 216 Å². The average molecular weight is 504 g/mol. The van der Waals surface area contributed by atoms with Crippen LogP contribution in [0.5, 0.6) is 0 Å². The predicted octanol–water partition coefficient (Wildman–Crippen LogP) is 4.87. The predicted molar refractivity (Wildman–Crippen MR) is 134 cm³/mol. The first-order valence-corrected chi connectivity index (χ1v) is 13.4. The van der Waals surface area contributed by atoms with Crippen LogP contribution in [0.1, 0.15) is 81.3 Å². The number of hydrogen-bond donors (Lipinski definition) is 1. The SMILES string of the molecule is CC(=O)O[C@@]1(c2cn(-c3ccc(C(=O)O)cc3)nn2)CC[C@H]2[C@@H]3CCC4=CC(=O)CC[C@@H]4[C@H]3CC[C@@]21C. The van der Waals surface area contributed by atoms with Crippen LogP contribution < -0.4 is 0 Å². The molecule has 8 heteroatoms. The first kappa shape index (κ1) is 24.1. The average Bonchev–Trinajstić information content (AvgIpc) is 3.47. The van der Waals surface area contributed by atoms with E-state index in [2.05, 4.69) is 17.2 Å². The fourth-order valence-corrected chi connectivity index (χ4v) is 8.40. The number of ether oxygens (including phenoxy) is 1. The van der Waals surface area contributed by atoms with Crippen LogP contribution in [-0.4, -0.2) is 37.8 Å². The van der Waals surface area contributed by atoms with Crippen molar-refractivity contribution in [2.45, 2.75) is 70.8 Å². The summed E-state index contributed by atoms with van der Waals surface area (Å²) in [5, 5.41) is 18.1. The number of carbonyl (C=O) groups excluding carboxylic acids is 2. The van der Waals surface area contributed by atoms with Crippen molar-refractivity contribution in [3.63, 3.8) is 0 Å². The molecule has 4 aliphatic carbocycles. The Kier molecular flexibility index (Phi) is 5.62. The van der Waals surface area contributed by atoms with Crippen LogP contribution in [0.25, 0.3) is 5.69 Å². The molecule has 0 bridgehead atoms. The number of carboxylic acids is 1. The van der Waals surface area contributed by atoms with E-state index in [1.165, 1.54) is 12.5 Å². The Balaban J connectivity index is 1.34. The van der Waals surface area contributed by atoms with Gasteiger partial charge in [-0.2, -0.15) is 0 Å².